The van der Waals surface area contributed by atoms with E-state index in [1.807, 2.05) is 12.1 Å². The standard InChI is InChI=1S/C28H35FN2O6/c29-21-7-2-4-9-25(21)36-15-5-10-27(35)31-13-11-28(12-14-31)17-23(33)22(32)16-20-6-1-3-8-24(20)37-18-26(34)30-19-28/h1-4,6-9,22-23,32-33H,5,10-19H2,(H,30,34)/t22-,23+/m0/s1. The van der Waals surface area contributed by atoms with E-state index >= 15 is 0 Å². The molecule has 2 heterocycles. The van der Waals surface area contributed by atoms with E-state index in [4.69, 9.17) is 9.47 Å². The SMILES string of the molecule is O=C1COc2ccccc2C[C@H](O)[C@H](O)CC2(CCN(C(=O)CCCOc3ccccc3F)CC2)CN1. The summed E-state index contributed by atoms with van der Waals surface area (Å²) in [6.07, 6.45) is 0.504. The van der Waals surface area contributed by atoms with Crippen LogP contribution in [0.5, 0.6) is 11.5 Å². The van der Waals surface area contributed by atoms with Crippen LogP contribution in [0.3, 0.4) is 0 Å². The predicted octanol–water partition coefficient (Wildman–Crippen LogP) is 2.46. The molecule has 2 aliphatic rings. The summed E-state index contributed by atoms with van der Waals surface area (Å²) in [7, 11) is 0. The summed E-state index contributed by atoms with van der Waals surface area (Å²) in [5.41, 5.74) is 0.287. The van der Waals surface area contributed by atoms with Crippen molar-refractivity contribution >= 4 is 11.8 Å². The highest BCUT2D eigenvalue weighted by molar-refractivity contribution is 5.77. The number of carbonyl (C=O) groups excluding carboxylic acids is 2. The summed E-state index contributed by atoms with van der Waals surface area (Å²) < 4.78 is 24.8. The van der Waals surface area contributed by atoms with Gasteiger partial charge in [0.1, 0.15) is 5.75 Å². The van der Waals surface area contributed by atoms with Crippen LogP contribution in [-0.4, -0.2) is 72.0 Å². The molecule has 1 fully saturated rings. The molecule has 0 aromatic heterocycles. The number of amides is 2. The lowest BCUT2D eigenvalue weighted by Gasteiger charge is -2.43. The topological polar surface area (TPSA) is 108 Å². The van der Waals surface area contributed by atoms with Crippen LogP contribution in [-0.2, 0) is 16.0 Å². The van der Waals surface area contributed by atoms with Gasteiger partial charge in [-0.15, -0.1) is 0 Å². The molecule has 37 heavy (non-hydrogen) atoms. The van der Waals surface area contributed by atoms with Crippen molar-refractivity contribution in [3.05, 3.63) is 59.9 Å². The zero-order chi connectivity index (χ0) is 26.3. The molecule has 1 saturated heterocycles. The van der Waals surface area contributed by atoms with Gasteiger partial charge < -0.3 is 29.9 Å². The van der Waals surface area contributed by atoms with E-state index in [9.17, 15) is 24.2 Å². The number of ether oxygens (including phenoxy) is 2. The lowest BCUT2D eigenvalue weighted by atomic mass is 9.73. The molecular weight excluding hydrogens is 479 g/mol. The highest BCUT2D eigenvalue weighted by Gasteiger charge is 2.39. The first-order chi connectivity index (χ1) is 17.8. The maximum Gasteiger partial charge on any atom is 0.257 e. The van der Waals surface area contributed by atoms with Crippen LogP contribution in [0.25, 0.3) is 0 Å². The first kappa shape index (κ1) is 26.9. The van der Waals surface area contributed by atoms with Gasteiger partial charge in [0.05, 0.1) is 18.8 Å². The Bertz CT molecular complexity index is 1070. The maximum absolute atomic E-state index is 13.7. The zero-order valence-corrected chi connectivity index (χ0v) is 20.9. The Morgan fingerprint density at radius 2 is 1.84 bits per heavy atom. The van der Waals surface area contributed by atoms with Crippen molar-refractivity contribution in [1.29, 1.82) is 0 Å². The molecule has 0 bridgehead atoms. The van der Waals surface area contributed by atoms with Crippen molar-refractivity contribution in [1.82, 2.24) is 10.2 Å². The fourth-order valence-corrected chi connectivity index (χ4v) is 5.04. The molecule has 8 nitrogen and oxygen atoms in total. The number of likely N-dealkylation sites (tertiary alicyclic amines) is 1. The van der Waals surface area contributed by atoms with E-state index in [1.165, 1.54) is 6.07 Å². The van der Waals surface area contributed by atoms with Crippen molar-refractivity contribution in [2.45, 2.75) is 50.7 Å². The van der Waals surface area contributed by atoms with Gasteiger partial charge in [0, 0.05) is 32.5 Å². The van der Waals surface area contributed by atoms with E-state index in [0.29, 0.717) is 51.1 Å². The minimum Gasteiger partial charge on any atom is -0.491 e. The Morgan fingerprint density at radius 1 is 1.11 bits per heavy atom. The summed E-state index contributed by atoms with van der Waals surface area (Å²) >= 11 is 0. The van der Waals surface area contributed by atoms with Gasteiger partial charge in [-0.1, -0.05) is 30.3 Å². The highest BCUT2D eigenvalue weighted by atomic mass is 19.1. The van der Waals surface area contributed by atoms with Gasteiger partial charge in [-0.05, 0) is 54.9 Å². The summed E-state index contributed by atoms with van der Waals surface area (Å²) in [6.45, 7) is 1.42. The first-order valence-electron chi connectivity index (χ1n) is 12.8. The molecule has 0 saturated carbocycles. The molecule has 0 aliphatic carbocycles. The van der Waals surface area contributed by atoms with Crippen LogP contribution in [0.2, 0.25) is 0 Å². The Morgan fingerprint density at radius 3 is 2.62 bits per heavy atom. The number of rotatable bonds is 5. The number of hydrogen-bond acceptors (Lipinski definition) is 6. The number of benzene rings is 2. The minimum atomic E-state index is -0.984. The summed E-state index contributed by atoms with van der Waals surface area (Å²) in [5.74, 6) is 0.00891. The van der Waals surface area contributed by atoms with E-state index in [1.54, 1.807) is 35.2 Å². The number of aliphatic hydroxyl groups is 2. The van der Waals surface area contributed by atoms with E-state index < -0.39 is 23.4 Å². The minimum absolute atomic E-state index is 0.00485. The second-order valence-electron chi connectivity index (χ2n) is 9.98. The molecule has 1 spiro atoms. The molecule has 2 atom stereocenters. The average molecular weight is 515 g/mol. The van der Waals surface area contributed by atoms with Crippen LogP contribution < -0.4 is 14.8 Å². The molecule has 9 heteroatoms. The largest absolute Gasteiger partial charge is 0.491 e. The van der Waals surface area contributed by atoms with E-state index in [0.717, 1.165) is 5.56 Å². The summed E-state index contributed by atoms with van der Waals surface area (Å²) in [4.78, 5) is 27.0. The first-order valence-corrected chi connectivity index (χ1v) is 12.8. The van der Waals surface area contributed by atoms with E-state index in [-0.39, 0.29) is 43.6 Å². The normalized spacial score (nSPS) is 22.1. The van der Waals surface area contributed by atoms with E-state index in [2.05, 4.69) is 5.32 Å². The Balaban J connectivity index is 1.31. The van der Waals surface area contributed by atoms with Crippen molar-refractivity contribution in [2.75, 3.05) is 32.8 Å². The monoisotopic (exact) mass is 514 g/mol. The molecule has 0 unspecified atom stereocenters. The molecular formula is C28H35FN2O6. The maximum atomic E-state index is 13.7. The van der Waals surface area contributed by atoms with Crippen LogP contribution in [0.1, 0.15) is 37.7 Å². The lowest BCUT2D eigenvalue weighted by molar-refractivity contribution is -0.135. The lowest BCUT2D eigenvalue weighted by Crippen LogP contribution is -2.51. The number of fused-ring (bicyclic) bond motifs is 1. The number of aliphatic hydroxyl groups excluding tert-OH is 2. The second kappa shape index (κ2) is 12.4. The fourth-order valence-electron chi connectivity index (χ4n) is 5.04. The number of halogens is 1. The van der Waals surface area contributed by atoms with Crippen LogP contribution >= 0.6 is 0 Å². The van der Waals surface area contributed by atoms with Gasteiger partial charge in [0.15, 0.2) is 18.2 Å². The van der Waals surface area contributed by atoms with Gasteiger partial charge in [-0.3, -0.25) is 9.59 Å². The van der Waals surface area contributed by atoms with Crippen LogP contribution in [0.15, 0.2) is 48.5 Å². The molecule has 3 N–H and O–H groups in total. The number of para-hydroxylation sites is 2. The molecule has 0 radical (unpaired) electrons. The quantitative estimate of drug-likeness (QED) is 0.529. The van der Waals surface area contributed by atoms with Crippen molar-refractivity contribution in [3.8, 4) is 11.5 Å². The summed E-state index contributed by atoms with van der Waals surface area (Å²) in [6, 6.07) is 13.4. The number of hydrogen-bond donors (Lipinski definition) is 3. The number of nitrogens with zero attached hydrogens (tertiary/aromatic N) is 1. The van der Waals surface area contributed by atoms with Crippen molar-refractivity contribution < 1.29 is 33.7 Å². The Labute approximate surface area is 216 Å². The van der Waals surface area contributed by atoms with Gasteiger partial charge in [0.25, 0.3) is 5.91 Å². The Kier molecular flexibility index (Phi) is 9.00. The third kappa shape index (κ3) is 7.20. The molecule has 2 aliphatic heterocycles. The predicted molar refractivity (Wildman–Crippen MR) is 135 cm³/mol. The van der Waals surface area contributed by atoms with Crippen LogP contribution in [0.4, 0.5) is 4.39 Å². The smallest absolute Gasteiger partial charge is 0.257 e. The number of piperidine rings is 1. The highest BCUT2D eigenvalue weighted by Crippen LogP contribution is 2.37. The zero-order valence-electron chi connectivity index (χ0n) is 20.9. The summed E-state index contributed by atoms with van der Waals surface area (Å²) in [5, 5.41) is 24.5. The molecule has 2 aromatic rings. The third-order valence-electron chi connectivity index (χ3n) is 7.31. The number of nitrogens with one attached hydrogen (secondary N) is 1. The Hall–Kier alpha value is -3.17. The van der Waals surface area contributed by atoms with Crippen molar-refractivity contribution in [3.63, 3.8) is 0 Å². The van der Waals surface area contributed by atoms with Gasteiger partial charge in [0.2, 0.25) is 5.91 Å². The van der Waals surface area contributed by atoms with Gasteiger partial charge >= 0.3 is 0 Å². The van der Waals surface area contributed by atoms with Gasteiger partial charge in [-0.2, -0.15) is 0 Å². The second-order valence-corrected chi connectivity index (χ2v) is 9.98. The molecule has 200 valence electrons. The van der Waals surface area contributed by atoms with Gasteiger partial charge in [-0.25, -0.2) is 4.39 Å². The van der Waals surface area contributed by atoms with Crippen molar-refractivity contribution in [2.24, 2.45) is 5.41 Å². The average Bonchev–Trinajstić information content (AvgIpc) is 2.90. The van der Waals surface area contributed by atoms with Crippen LogP contribution in [0, 0.1) is 11.2 Å². The molecule has 2 amide bonds. The molecule has 2 aromatic carbocycles. The number of carbonyl (C=O) groups is 2. The molecule has 4 rings (SSSR count). The third-order valence-corrected chi connectivity index (χ3v) is 7.31. The fraction of sp³-hybridized carbons (Fsp3) is 0.500.